The first-order chi connectivity index (χ1) is 21.1. The van der Waals surface area contributed by atoms with E-state index in [1.807, 2.05) is 0 Å². The summed E-state index contributed by atoms with van der Waals surface area (Å²) in [6, 6.07) is 45.6. The third-order valence-corrected chi connectivity index (χ3v) is 10.3. The molecule has 9 rings (SSSR count). The van der Waals surface area contributed by atoms with E-state index >= 15 is 0 Å². The number of hydrogen-bond donors (Lipinski definition) is 0. The lowest BCUT2D eigenvalue weighted by atomic mass is 9.74. The van der Waals surface area contributed by atoms with E-state index in [0.29, 0.717) is 11.8 Å². The predicted molar refractivity (Wildman–Crippen MR) is 185 cm³/mol. The molecule has 43 heavy (non-hydrogen) atoms. The van der Waals surface area contributed by atoms with E-state index < -0.39 is 0 Å². The fourth-order valence-corrected chi connectivity index (χ4v) is 8.07. The van der Waals surface area contributed by atoms with Gasteiger partial charge in [0.05, 0.1) is 0 Å². The highest BCUT2D eigenvalue weighted by Gasteiger charge is 2.44. The highest BCUT2D eigenvalue weighted by atomic mass is 14.5. The molecule has 0 saturated heterocycles. The highest BCUT2D eigenvalue weighted by Crippen LogP contribution is 2.53. The Morgan fingerprint density at radius 2 is 1.12 bits per heavy atom. The molecule has 0 nitrogen and oxygen atoms in total. The van der Waals surface area contributed by atoms with Crippen LogP contribution in [0, 0.1) is 5.92 Å². The predicted octanol–water partition coefficient (Wildman–Crippen LogP) is 11.8. The number of rotatable bonds is 2. The lowest BCUT2D eigenvalue weighted by molar-refractivity contribution is 0.394. The van der Waals surface area contributed by atoms with E-state index in [1.165, 1.54) is 76.5 Å². The first-order valence-corrected chi connectivity index (χ1v) is 15.4. The summed E-state index contributed by atoms with van der Waals surface area (Å²) in [6.45, 7) is 4.81. The van der Waals surface area contributed by atoms with Crippen LogP contribution in [0.5, 0.6) is 0 Å². The Morgan fingerprint density at radius 1 is 0.488 bits per heavy atom. The molecule has 0 aromatic heterocycles. The van der Waals surface area contributed by atoms with Gasteiger partial charge >= 0.3 is 0 Å². The molecular formula is C43H32. The van der Waals surface area contributed by atoms with Crippen LogP contribution in [-0.2, 0) is 5.41 Å². The molecule has 0 N–H and O–H groups in total. The van der Waals surface area contributed by atoms with Crippen LogP contribution in [0.15, 0.2) is 146 Å². The summed E-state index contributed by atoms with van der Waals surface area (Å²) in [6.07, 6.45) is 9.21. The van der Waals surface area contributed by atoms with Crippen LogP contribution in [0.1, 0.15) is 30.9 Å². The number of fused-ring (bicyclic) bond motifs is 9. The van der Waals surface area contributed by atoms with Gasteiger partial charge in [-0.1, -0.05) is 141 Å². The molecule has 0 radical (unpaired) electrons. The normalized spacial score (nSPS) is 18.5. The molecule has 7 aromatic rings. The molecule has 0 amide bonds. The van der Waals surface area contributed by atoms with Crippen molar-refractivity contribution in [1.29, 1.82) is 0 Å². The van der Waals surface area contributed by atoms with E-state index in [0.717, 1.165) is 0 Å². The van der Waals surface area contributed by atoms with Gasteiger partial charge in [0.2, 0.25) is 0 Å². The minimum absolute atomic E-state index is 0.123. The third-order valence-electron chi connectivity index (χ3n) is 10.3. The maximum atomic E-state index is 2.45. The Bertz CT molecular complexity index is 2330. The Balaban J connectivity index is 1.15. The molecule has 2 aliphatic rings. The lowest BCUT2D eigenvalue weighted by Gasteiger charge is -2.29. The van der Waals surface area contributed by atoms with Gasteiger partial charge < -0.3 is 0 Å². The quantitative estimate of drug-likeness (QED) is 0.189. The molecule has 0 heteroatoms. The van der Waals surface area contributed by atoms with E-state index in [1.54, 1.807) is 0 Å². The number of benzene rings is 7. The van der Waals surface area contributed by atoms with Gasteiger partial charge in [0.15, 0.2) is 0 Å². The Morgan fingerprint density at radius 3 is 1.98 bits per heavy atom. The van der Waals surface area contributed by atoms with Crippen molar-refractivity contribution < 1.29 is 0 Å². The molecule has 7 aromatic carbocycles. The van der Waals surface area contributed by atoms with Crippen molar-refractivity contribution in [2.45, 2.75) is 25.2 Å². The van der Waals surface area contributed by atoms with Crippen LogP contribution in [0.3, 0.4) is 0 Å². The average molecular weight is 549 g/mol. The molecule has 0 saturated carbocycles. The van der Waals surface area contributed by atoms with Crippen LogP contribution in [0.25, 0.3) is 65.3 Å². The average Bonchev–Trinajstić information content (AvgIpc) is 3.29. The van der Waals surface area contributed by atoms with Gasteiger partial charge in [0, 0.05) is 5.92 Å². The smallest absolute Gasteiger partial charge is 0.00953 e. The molecule has 0 spiro atoms. The van der Waals surface area contributed by atoms with Gasteiger partial charge in [0.1, 0.15) is 0 Å². The van der Waals surface area contributed by atoms with Crippen molar-refractivity contribution in [1.82, 2.24) is 0 Å². The third kappa shape index (κ3) is 3.63. The van der Waals surface area contributed by atoms with Crippen LogP contribution in [0.4, 0.5) is 0 Å². The Labute approximate surface area is 252 Å². The minimum atomic E-state index is 0.123. The van der Waals surface area contributed by atoms with Crippen molar-refractivity contribution in [3.63, 3.8) is 0 Å². The molecular weight excluding hydrogens is 516 g/mol. The molecule has 2 unspecified atom stereocenters. The maximum absolute atomic E-state index is 2.45. The SMILES string of the molecule is CC1(C)c2cc(-c3ccc4cc(-c5cc6ccc7ccccc7c6c6ccccc56)ccc4c3)ccc2C2C=CC=CC21. The van der Waals surface area contributed by atoms with E-state index in [4.69, 9.17) is 0 Å². The van der Waals surface area contributed by atoms with Gasteiger partial charge in [0.25, 0.3) is 0 Å². The van der Waals surface area contributed by atoms with E-state index in [2.05, 4.69) is 159 Å². The summed E-state index contributed by atoms with van der Waals surface area (Å²) in [4.78, 5) is 0. The summed E-state index contributed by atoms with van der Waals surface area (Å²) in [5.74, 6) is 1.02. The fourth-order valence-electron chi connectivity index (χ4n) is 8.07. The van der Waals surface area contributed by atoms with Gasteiger partial charge in [-0.05, 0) is 106 Å². The zero-order chi connectivity index (χ0) is 28.7. The molecule has 0 fully saturated rings. The second-order valence-corrected chi connectivity index (χ2v) is 13.0. The van der Waals surface area contributed by atoms with Crippen molar-refractivity contribution in [3.05, 3.63) is 157 Å². The van der Waals surface area contributed by atoms with Crippen LogP contribution >= 0.6 is 0 Å². The summed E-state index contributed by atoms with van der Waals surface area (Å²) >= 11 is 0. The summed E-state index contributed by atoms with van der Waals surface area (Å²) in [5, 5.41) is 10.4. The molecule has 0 aliphatic heterocycles. The topological polar surface area (TPSA) is 0 Å². The molecule has 0 bridgehead atoms. The maximum Gasteiger partial charge on any atom is 0.00953 e. The lowest BCUT2D eigenvalue weighted by Crippen LogP contribution is -2.24. The standard InChI is InChI=1S/C43H32/c1-43(2)40-14-8-7-12-36(40)37-22-21-31(26-41(37)43)29-16-17-30-24-32(19-18-28(30)23-29)39-25-33-20-15-27-9-3-4-10-34(27)42(33)38-13-6-5-11-35(38)39/h3-26,36,40H,1-2H3. The van der Waals surface area contributed by atoms with Gasteiger partial charge in [-0.3, -0.25) is 0 Å². The minimum Gasteiger partial charge on any atom is -0.0796 e. The van der Waals surface area contributed by atoms with Gasteiger partial charge in [-0.15, -0.1) is 0 Å². The summed E-state index contributed by atoms with van der Waals surface area (Å²) < 4.78 is 0. The van der Waals surface area contributed by atoms with Crippen molar-refractivity contribution in [3.8, 4) is 22.3 Å². The van der Waals surface area contributed by atoms with Gasteiger partial charge in [-0.2, -0.15) is 0 Å². The van der Waals surface area contributed by atoms with Crippen LogP contribution in [-0.4, -0.2) is 0 Å². The number of hydrogen-bond acceptors (Lipinski definition) is 0. The Hall–Kier alpha value is -4.94. The fraction of sp³-hybridized carbons (Fsp3) is 0.116. The molecule has 2 atom stereocenters. The zero-order valence-electron chi connectivity index (χ0n) is 24.5. The van der Waals surface area contributed by atoms with Crippen molar-refractivity contribution >= 4 is 43.1 Å². The second-order valence-electron chi connectivity index (χ2n) is 13.0. The number of allylic oxidation sites excluding steroid dienone is 4. The van der Waals surface area contributed by atoms with Crippen LogP contribution in [0.2, 0.25) is 0 Å². The summed E-state index contributed by atoms with van der Waals surface area (Å²) in [5.41, 5.74) is 8.23. The van der Waals surface area contributed by atoms with Crippen molar-refractivity contribution in [2.75, 3.05) is 0 Å². The monoisotopic (exact) mass is 548 g/mol. The zero-order valence-corrected chi connectivity index (χ0v) is 24.5. The molecule has 204 valence electrons. The molecule has 2 aliphatic carbocycles. The van der Waals surface area contributed by atoms with Crippen LogP contribution < -0.4 is 0 Å². The first kappa shape index (κ1) is 24.6. The molecule has 0 heterocycles. The van der Waals surface area contributed by atoms with E-state index in [9.17, 15) is 0 Å². The highest BCUT2D eigenvalue weighted by molar-refractivity contribution is 6.23. The second kappa shape index (κ2) is 9.03. The van der Waals surface area contributed by atoms with Crippen molar-refractivity contribution in [2.24, 2.45) is 5.92 Å². The summed E-state index contributed by atoms with van der Waals surface area (Å²) in [7, 11) is 0. The largest absolute Gasteiger partial charge is 0.0796 e. The van der Waals surface area contributed by atoms with Gasteiger partial charge in [-0.25, -0.2) is 0 Å². The van der Waals surface area contributed by atoms with E-state index in [-0.39, 0.29) is 5.41 Å². The Kier molecular flexibility index (Phi) is 5.17. The first-order valence-electron chi connectivity index (χ1n) is 15.4.